The van der Waals surface area contributed by atoms with Gasteiger partial charge < -0.3 is 21.3 Å². The van der Waals surface area contributed by atoms with Crippen molar-refractivity contribution in [2.45, 2.75) is 37.5 Å². The number of carbonyl (C=O) groups excluding carboxylic acids is 2. The molecule has 2 aliphatic heterocycles. The highest BCUT2D eigenvalue weighted by Crippen LogP contribution is 2.32. The molecule has 2 aliphatic rings. The molecule has 10 heteroatoms. The third kappa shape index (κ3) is 4.37. The highest BCUT2D eigenvalue weighted by atomic mass is 19.4. The van der Waals surface area contributed by atoms with Gasteiger partial charge in [0.2, 0.25) is 11.8 Å². The summed E-state index contributed by atoms with van der Waals surface area (Å²) in [5, 5.41) is 5.87. The lowest BCUT2D eigenvalue weighted by Gasteiger charge is -2.43. The Hall–Kier alpha value is -2.36. The van der Waals surface area contributed by atoms with Crippen LogP contribution in [-0.2, 0) is 15.8 Å². The van der Waals surface area contributed by atoms with Crippen LogP contribution in [0.2, 0.25) is 0 Å². The van der Waals surface area contributed by atoms with Crippen molar-refractivity contribution in [1.82, 2.24) is 10.2 Å². The second-order valence-corrected chi connectivity index (χ2v) is 7.17. The topological polar surface area (TPSA) is 87.5 Å². The molecule has 0 spiro atoms. The molecule has 4 N–H and O–H groups in total. The molecule has 2 amide bonds. The molecular formula is C18H22F4N4O2. The predicted octanol–water partition coefficient (Wildman–Crippen LogP) is 1.71. The third-order valence-corrected chi connectivity index (χ3v) is 5.25. The fraction of sp³-hybridized carbons (Fsp3) is 0.556. The Kier molecular flexibility index (Phi) is 5.78. The van der Waals surface area contributed by atoms with E-state index < -0.39 is 41.5 Å². The minimum Gasteiger partial charge on any atom is -0.374 e. The smallest absolute Gasteiger partial charge is 0.374 e. The van der Waals surface area contributed by atoms with Gasteiger partial charge in [0.1, 0.15) is 11.9 Å². The Balaban J connectivity index is 1.78. The number of hydrogen-bond acceptors (Lipinski definition) is 4. The van der Waals surface area contributed by atoms with Gasteiger partial charge >= 0.3 is 6.18 Å². The minimum absolute atomic E-state index is 0.110. The van der Waals surface area contributed by atoms with E-state index in [-0.39, 0.29) is 11.6 Å². The average Bonchev–Trinajstić information content (AvgIpc) is 2.62. The monoisotopic (exact) mass is 402 g/mol. The average molecular weight is 402 g/mol. The molecule has 0 aliphatic carbocycles. The largest absolute Gasteiger partial charge is 0.416 e. The van der Waals surface area contributed by atoms with Crippen molar-refractivity contribution in [3.63, 3.8) is 0 Å². The Labute approximate surface area is 159 Å². The molecule has 3 atom stereocenters. The van der Waals surface area contributed by atoms with Crippen LogP contribution in [0.5, 0.6) is 0 Å². The zero-order valence-corrected chi connectivity index (χ0v) is 15.1. The molecule has 1 aromatic rings. The molecule has 154 valence electrons. The number of rotatable bonds is 4. The fourth-order valence-corrected chi connectivity index (χ4v) is 3.90. The Morgan fingerprint density at radius 1 is 1.25 bits per heavy atom. The molecule has 1 aromatic carbocycles. The number of likely N-dealkylation sites (tertiary alicyclic amines) is 1. The Morgan fingerprint density at radius 3 is 2.68 bits per heavy atom. The number of nitrogens with one attached hydrogen (secondary N) is 2. The summed E-state index contributed by atoms with van der Waals surface area (Å²) in [4.78, 5) is 26.2. The van der Waals surface area contributed by atoms with Crippen molar-refractivity contribution in [3.05, 3.63) is 29.6 Å². The van der Waals surface area contributed by atoms with Crippen LogP contribution in [0.15, 0.2) is 18.2 Å². The highest BCUT2D eigenvalue weighted by molar-refractivity contribution is 5.87. The van der Waals surface area contributed by atoms with E-state index >= 15 is 0 Å². The van der Waals surface area contributed by atoms with Gasteiger partial charge in [-0.05, 0) is 44.0 Å². The van der Waals surface area contributed by atoms with Crippen molar-refractivity contribution in [2.24, 2.45) is 11.7 Å². The number of anilines is 1. The number of nitrogens with zero attached hydrogens (tertiary/aromatic N) is 1. The normalized spacial score (nSPS) is 26.2. The fourth-order valence-electron chi connectivity index (χ4n) is 3.90. The van der Waals surface area contributed by atoms with Crippen LogP contribution >= 0.6 is 0 Å². The minimum atomic E-state index is -4.69. The summed E-state index contributed by atoms with van der Waals surface area (Å²) in [6, 6.07) is 0.916. The zero-order chi connectivity index (χ0) is 20.5. The summed E-state index contributed by atoms with van der Waals surface area (Å²) in [5.74, 6) is -2.32. The van der Waals surface area contributed by atoms with Crippen molar-refractivity contribution in [3.8, 4) is 0 Å². The summed E-state index contributed by atoms with van der Waals surface area (Å²) in [7, 11) is 0. The van der Waals surface area contributed by atoms with Gasteiger partial charge in [0.15, 0.2) is 0 Å². The van der Waals surface area contributed by atoms with E-state index in [4.69, 9.17) is 5.73 Å². The van der Waals surface area contributed by atoms with Crippen molar-refractivity contribution >= 4 is 17.5 Å². The SMILES string of the molecule is NC(=O)C1CCNCC1N1CCCC(Nc2cc(F)cc(C(F)(F)F)c2)C1=O. The Morgan fingerprint density at radius 2 is 2.00 bits per heavy atom. The van der Waals surface area contributed by atoms with E-state index in [1.54, 1.807) is 4.90 Å². The molecule has 3 unspecified atom stereocenters. The van der Waals surface area contributed by atoms with Gasteiger partial charge in [0.25, 0.3) is 0 Å². The molecule has 28 heavy (non-hydrogen) atoms. The maximum atomic E-state index is 13.6. The number of piperidine rings is 2. The van der Waals surface area contributed by atoms with Crippen LogP contribution in [0.3, 0.4) is 0 Å². The van der Waals surface area contributed by atoms with Gasteiger partial charge in [-0.15, -0.1) is 0 Å². The molecule has 2 saturated heterocycles. The van der Waals surface area contributed by atoms with Crippen LogP contribution in [0, 0.1) is 11.7 Å². The number of nitrogens with two attached hydrogens (primary N) is 1. The molecule has 0 aromatic heterocycles. The summed E-state index contributed by atoms with van der Waals surface area (Å²) in [6.07, 6.45) is -3.17. The van der Waals surface area contributed by atoms with Crippen molar-refractivity contribution < 1.29 is 27.2 Å². The second-order valence-electron chi connectivity index (χ2n) is 7.17. The lowest BCUT2D eigenvalue weighted by atomic mass is 9.88. The zero-order valence-electron chi connectivity index (χ0n) is 15.1. The molecule has 2 fully saturated rings. The van der Waals surface area contributed by atoms with Crippen LogP contribution in [-0.4, -0.2) is 48.4 Å². The Bertz CT molecular complexity index is 756. The van der Waals surface area contributed by atoms with Gasteiger partial charge in [0.05, 0.1) is 17.5 Å². The maximum absolute atomic E-state index is 13.6. The van der Waals surface area contributed by atoms with Crippen LogP contribution < -0.4 is 16.4 Å². The van der Waals surface area contributed by atoms with E-state index in [1.165, 1.54) is 0 Å². The molecule has 0 saturated carbocycles. The van der Waals surface area contributed by atoms with E-state index in [1.807, 2.05) is 0 Å². The molecule has 6 nitrogen and oxygen atoms in total. The van der Waals surface area contributed by atoms with E-state index in [0.717, 1.165) is 12.1 Å². The standard InChI is InChI=1S/C18H22F4N4O2/c19-11-6-10(18(20,21)22)7-12(8-11)25-14-2-1-5-26(17(14)28)15-9-24-4-3-13(15)16(23)27/h6-8,13-15,24-25H,1-5,9H2,(H2,23,27). The number of primary amides is 1. The van der Waals surface area contributed by atoms with Crippen LogP contribution in [0.25, 0.3) is 0 Å². The first-order valence-electron chi connectivity index (χ1n) is 9.11. The predicted molar refractivity (Wildman–Crippen MR) is 93.7 cm³/mol. The number of halogens is 4. The number of benzene rings is 1. The number of hydrogen-bond donors (Lipinski definition) is 3. The molecular weight excluding hydrogens is 380 g/mol. The first-order valence-corrected chi connectivity index (χ1v) is 9.11. The van der Waals surface area contributed by atoms with Gasteiger partial charge in [0, 0.05) is 18.8 Å². The summed E-state index contributed by atoms with van der Waals surface area (Å²) in [5.41, 5.74) is 4.24. The van der Waals surface area contributed by atoms with Crippen LogP contribution in [0.4, 0.5) is 23.2 Å². The van der Waals surface area contributed by atoms with Gasteiger partial charge in [-0.2, -0.15) is 13.2 Å². The third-order valence-electron chi connectivity index (χ3n) is 5.25. The first-order chi connectivity index (χ1) is 13.2. The molecule has 2 heterocycles. The lowest BCUT2D eigenvalue weighted by molar-refractivity contribution is -0.140. The van der Waals surface area contributed by atoms with E-state index in [2.05, 4.69) is 10.6 Å². The molecule has 0 radical (unpaired) electrons. The summed E-state index contributed by atoms with van der Waals surface area (Å²) < 4.78 is 52.3. The van der Waals surface area contributed by atoms with Gasteiger partial charge in [-0.3, -0.25) is 9.59 Å². The molecule has 3 rings (SSSR count). The van der Waals surface area contributed by atoms with Crippen molar-refractivity contribution in [1.29, 1.82) is 0 Å². The lowest BCUT2D eigenvalue weighted by Crippen LogP contribution is -2.60. The van der Waals surface area contributed by atoms with Gasteiger partial charge in [-0.25, -0.2) is 4.39 Å². The van der Waals surface area contributed by atoms with Crippen molar-refractivity contribution in [2.75, 3.05) is 25.0 Å². The van der Waals surface area contributed by atoms with E-state index in [0.29, 0.717) is 45.0 Å². The highest BCUT2D eigenvalue weighted by Gasteiger charge is 2.40. The molecule has 0 bridgehead atoms. The number of amides is 2. The van der Waals surface area contributed by atoms with Gasteiger partial charge in [-0.1, -0.05) is 0 Å². The maximum Gasteiger partial charge on any atom is 0.416 e. The first kappa shape index (κ1) is 20.4. The van der Waals surface area contributed by atoms with E-state index in [9.17, 15) is 27.2 Å². The quantitative estimate of drug-likeness (QED) is 0.670. The summed E-state index contributed by atoms with van der Waals surface area (Å²) >= 11 is 0. The number of alkyl halides is 3. The second kappa shape index (κ2) is 7.94. The van der Waals surface area contributed by atoms with Crippen LogP contribution in [0.1, 0.15) is 24.8 Å². The number of carbonyl (C=O) groups is 2. The summed E-state index contributed by atoms with van der Waals surface area (Å²) in [6.45, 7) is 1.48.